The number of likely N-dealkylation sites (N-methyl/N-ethyl adjacent to an activating group) is 1. The third-order valence-electron chi connectivity index (χ3n) is 7.80. The maximum atomic E-state index is 15.8. The van der Waals surface area contributed by atoms with E-state index in [1.165, 1.54) is 23.1 Å². The summed E-state index contributed by atoms with van der Waals surface area (Å²) in [6.07, 6.45) is -0.156. The summed E-state index contributed by atoms with van der Waals surface area (Å²) in [6.45, 7) is 2.19. The fourth-order valence-electron chi connectivity index (χ4n) is 5.83. The fraction of sp³-hybridized carbons (Fsp3) is 0.367. The molecule has 2 saturated heterocycles. The number of piperidine rings is 1. The fourth-order valence-corrected chi connectivity index (χ4v) is 5.83. The number of hydrogen-bond donors (Lipinski definition) is 2. The van der Waals surface area contributed by atoms with Gasteiger partial charge in [-0.1, -0.05) is 12.1 Å². The lowest BCUT2D eigenvalue weighted by Gasteiger charge is -2.36. The van der Waals surface area contributed by atoms with Crippen LogP contribution in [-0.4, -0.2) is 53.2 Å². The van der Waals surface area contributed by atoms with E-state index in [9.17, 15) is 22.8 Å². The molecule has 2 aliphatic rings. The molecule has 11 heteroatoms. The number of alkyl halides is 1. The average Bonchev–Trinajstić information content (AvgIpc) is 3.32. The number of carbonyl (C=O) groups is 2. The average molecular weight is 571 g/mol. The minimum Gasteiger partial charge on any atom is -0.410 e. The molecule has 0 spiro atoms. The Morgan fingerprint density at radius 2 is 1.83 bits per heavy atom. The van der Waals surface area contributed by atoms with Crippen molar-refractivity contribution in [2.75, 3.05) is 13.1 Å². The molecule has 4 unspecified atom stereocenters. The zero-order chi connectivity index (χ0) is 29.1. The molecule has 1 amide bonds. The van der Waals surface area contributed by atoms with Gasteiger partial charge in [0.05, 0.1) is 29.7 Å². The molecule has 2 fully saturated rings. The van der Waals surface area contributed by atoms with E-state index in [4.69, 9.17) is 4.74 Å². The second-order valence-electron chi connectivity index (χ2n) is 10.2. The van der Waals surface area contributed by atoms with Gasteiger partial charge in [0.1, 0.15) is 11.6 Å². The second kappa shape index (κ2) is 12.4. The monoisotopic (exact) mass is 570 g/mol. The van der Waals surface area contributed by atoms with Gasteiger partial charge in [0.25, 0.3) is 0 Å². The highest BCUT2D eigenvalue weighted by molar-refractivity contribution is 5.89. The molecule has 6 atom stereocenters. The van der Waals surface area contributed by atoms with Gasteiger partial charge in [-0.15, -0.1) is 0 Å². The van der Waals surface area contributed by atoms with Crippen molar-refractivity contribution in [3.63, 3.8) is 0 Å². The summed E-state index contributed by atoms with van der Waals surface area (Å²) in [5.41, 5.74) is 0.871. The number of halogens is 4. The summed E-state index contributed by atoms with van der Waals surface area (Å²) in [5.74, 6) is -4.71. The van der Waals surface area contributed by atoms with E-state index in [1.807, 2.05) is 12.1 Å². The maximum absolute atomic E-state index is 15.8. The maximum Gasteiger partial charge on any atom is 0.415 e. The summed E-state index contributed by atoms with van der Waals surface area (Å²) in [6, 6.07) is 10.9. The molecule has 3 aromatic rings. The van der Waals surface area contributed by atoms with E-state index >= 15 is 4.39 Å². The highest BCUT2D eigenvalue weighted by atomic mass is 19.2. The van der Waals surface area contributed by atoms with Crippen LogP contribution in [-0.2, 0) is 4.79 Å². The number of aromatic nitrogens is 1. The smallest absolute Gasteiger partial charge is 0.410 e. The van der Waals surface area contributed by atoms with Gasteiger partial charge in [-0.25, -0.2) is 22.4 Å². The Morgan fingerprint density at radius 3 is 2.51 bits per heavy atom. The van der Waals surface area contributed by atoms with E-state index in [1.54, 1.807) is 19.2 Å². The number of Topliss-reactive ketones (excluding diaryl/α,β-unsaturated/α-hetero) is 1. The number of rotatable bonds is 7. The number of carbonyl (C=O) groups excluding carboxylic acids is 2. The molecule has 0 bridgehead atoms. The highest BCUT2D eigenvalue weighted by Crippen LogP contribution is 2.39. The third-order valence-corrected chi connectivity index (χ3v) is 7.80. The number of hydrogen-bond acceptors (Lipinski definition) is 6. The zero-order valence-corrected chi connectivity index (χ0v) is 22.3. The number of nitrogens with one attached hydrogen (secondary N) is 2. The van der Waals surface area contributed by atoms with Gasteiger partial charge in [0, 0.05) is 18.7 Å². The molecule has 5 rings (SSSR count). The minimum atomic E-state index is -1.85. The second-order valence-corrected chi connectivity index (χ2v) is 10.2. The van der Waals surface area contributed by atoms with E-state index in [-0.39, 0.29) is 29.7 Å². The Kier molecular flexibility index (Phi) is 8.65. The largest absolute Gasteiger partial charge is 0.415 e. The summed E-state index contributed by atoms with van der Waals surface area (Å²) < 4.78 is 62.7. The number of ether oxygens (including phenoxy) is 1. The van der Waals surface area contributed by atoms with Crippen molar-refractivity contribution in [1.82, 2.24) is 20.5 Å². The quantitative estimate of drug-likeness (QED) is 0.306. The van der Waals surface area contributed by atoms with Crippen molar-refractivity contribution in [2.45, 2.75) is 50.1 Å². The van der Waals surface area contributed by atoms with Crippen LogP contribution in [0.25, 0.3) is 0 Å². The Labute approximate surface area is 234 Å². The molecule has 2 aromatic carbocycles. The first-order chi connectivity index (χ1) is 19.8. The number of nitrogens with zero attached hydrogens (tertiary/aromatic N) is 2. The summed E-state index contributed by atoms with van der Waals surface area (Å²) >= 11 is 0. The number of pyridine rings is 1. The normalized spacial score (nSPS) is 26.0. The first kappa shape index (κ1) is 28.7. The summed E-state index contributed by atoms with van der Waals surface area (Å²) in [4.78, 5) is 33.0. The Morgan fingerprint density at radius 1 is 1.05 bits per heavy atom. The molecule has 1 aromatic heterocycles. The molecule has 3 heterocycles. The van der Waals surface area contributed by atoms with Gasteiger partial charge in [-0.05, 0) is 80.4 Å². The van der Waals surface area contributed by atoms with Crippen LogP contribution in [0.15, 0.2) is 66.9 Å². The molecular weight excluding hydrogens is 540 g/mol. The Balaban J connectivity index is 1.47. The molecule has 7 nitrogen and oxygen atoms in total. The molecule has 2 N–H and O–H groups in total. The predicted molar refractivity (Wildman–Crippen MR) is 142 cm³/mol. The molecule has 41 heavy (non-hydrogen) atoms. The molecule has 216 valence electrons. The van der Waals surface area contributed by atoms with Crippen molar-refractivity contribution in [3.05, 3.63) is 95.6 Å². The third kappa shape index (κ3) is 6.11. The van der Waals surface area contributed by atoms with Gasteiger partial charge in [0.15, 0.2) is 23.7 Å². The van der Waals surface area contributed by atoms with E-state index < -0.39 is 53.8 Å². The lowest BCUT2D eigenvalue weighted by molar-refractivity contribution is -0.127. The van der Waals surface area contributed by atoms with Crippen LogP contribution in [0, 0.1) is 23.4 Å². The van der Waals surface area contributed by atoms with Crippen LogP contribution < -0.4 is 15.4 Å². The topological polar surface area (TPSA) is 83.6 Å². The van der Waals surface area contributed by atoms with Crippen molar-refractivity contribution >= 4 is 11.9 Å². The predicted octanol–water partition coefficient (Wildman–Crippen LogP) is 5.05. The summed E-state index contributed by atoms with van der Waals surface area (Å²) in [5, 5.41) is 6.07. The van der Waals surface area contributed by atoms with Gasteiger partial charge in [0.2, 0.25) is 0 Å². The lowest BCUT2D eigenvalue weighted by Crippen LogP contribution is -2.54. The van der Waals surface area contributed by atoms with Crippen LogP contribution in [0.5, 0.6) is 5.75 Å². The van der Waals surface area contributed by atoms with Crippen LogP contribution in [0.3, 0.4) is 0 Å². The Hall–Kier alpha value is -3.83. The summed E-state index contributed by atoms with van der Waals surface area (Å²) in [7, 11) is 0. The van der Waals surface area contributed by atoms with Crippen LogP contribution >= 0.6 is 0 Å². The first-order valence-corrected chi connectivity index (χ1v) is 13.5. The standard InChI is InChI=1S/C30H30F4N4O3/c1-2-38(30(40)41-20-9-7-19(31)8-10-20)27-25(17-6-11-21(32)22(33)15-17)29(34)37-26(27)28(39)18-12-14-36-24(16-18)23-5-3-4-13-35-23/h3-11,13,15,18,24-27,29,36-37H,2,12,14,16H2,1H3/t18?,24?,25-,26?,27+,29?/m1/s1. The molecule has 0 radical (unpaired) electrons. The molecule has 2 aliphatic heterocycles. The van der Waals surface area contributed by atoms with E-state index in [0.717, 1.165) is 30.0 Å². The van der Waals surface area contributed by atoms with Gasteiger partial charge < -0.3 is 15.0 Å². The van der Waals surface area contributed by atoms with Crippen LogP contribution in [0.2, 0.25) is 0 Å². The number of benzene rings is 2. The molecule has 0 saturated carbocycles. The zero-order valence-electron chi connectivity index (χ0n) is 22.3. The van der Waals surface area contributed by atoms with E-state index in [0.29, 0.717) is 19.4 Å². The van der Waals surface area contributed by atoms with Crippen LogP contribution in [0.4, 0.5) is 22.4 Å². The Bertz CT molecular complexity index is 1380. The minimum absolute atomic E-state index is 0.0197. The first-order valence-electron chi connectivity index (χ1n) is 13.5. The van der Waals surface area contributed by atoms with Crippen molar-refractivity contribution in [2.24, 2.45) is 5.92 Å². The molecular formula is C30H30F4N4O3. The lowest BCUT2D eigenvalue weighted by atomic mass is 9.81. The van der Waals surface area contributed by atoms with Crippen molar-refractivity contribution in [3.8, 4) is 5.75 Å². The van der Waals surface area contributed by atoms with Crippen LogP contribution in [0.1, 0.15) is 43.0 Å². The highest BCUT2D eigenvalue weighted by Gasteiger charge is 2.52. The van der Waals surface area contributed by atoms with Gasteiger partial charge >= 0.3 is 6.09 Å². The SMILES string of the molecule is CCN(C(=O)Oc1ccc(F)cc1)[C@@H]1C(C(=O)C2CCNC(c3ccccn3)C2)NC(F)[C@@H]1c1ccc(F)c(F)c1. The van der Waals surface area contributed by atoms with Crippen molar-refractivity contribution < 1.29 is 31.9 Å². The van der Waals surface area contributed by atoms with E-state index in [2.05, 4.69) is 15.6 Å². The molecule has 0 aliphatic carbocycles. The number of amides is 1. The van der Waals surface area contributed by atoms with Gasteiger partial charge in [-0.2, -0.15) is 0 Å². The van der Waals surface area contributed by atoms with Gasteiger partial charge in [-0.3, -0.25) is 15.1 Å². The van der Waals surface area contributed by atoms with Crippen molar-refractivity contribution in [1.29, 1.82) is 0 Å². The number of ketones is 1.